The molecule has 1 saturated heterocycles. The summed E-state index contributed by atoms with van der Waals surface area (Å²) in [5.41, 5.74) is 0.978. The van der Waals surface area contributed by atoms with Crippen LogP contribution < -0.4 is 10.5 Å². The maximum Gasteiger partial charge on any atom is 0.300 e. The largest absolute Gasteiger partial charge is 0.368 e. The van der Waals surface area contributed by atoms with Crippen molar-refractivity contribution >= 4 is 29.0 Å². The van der Waals surface area contributed by atoms with E-state index in [1.807, 2.05) is 0 Å². The van der Waals surface area contributed by atoms with Gasteiger partial charge < -0.3 is 9.80 Å². The van der Waals surface area contributed by atoms with E-state index in [0.29, 0.717) is 37.0 Å². The normalized spacial score (nSPS) is 14.1. The molecule has 2 aromatic heterocycles. The Balaban J connectivity index is 1.23. The van der Waals surface area contributed by atoms with Gasteiger partial charge in [0.2, 0.25) is 11.6 Å². The van der Waals surface area contributed by atoms with Gasteiger partial charge in [0.05, 0.1) is 11.4 Å². The van der Waals surface area contributed by atoms with Crippen LogP contribution in [-0.2, 0) is 4.79 Å². The van der Waals surface area contributed by atoms with Crippen LogP contribution in [0, 0.1) is 11.6 Å². The van der Waals surface area contributed by atoms with Crippen LogP contribution in [0.15, 0.2) is 70.9 Å². The number of piperazine rings is 1. The number of nitrogens with zero attached hydrogens (tertiary/aromatic N) is 6. The minimum Gasteiger partial charge on any atom is -0.368 e. The first-order chi connectivity index (χ1) is 16.5. The van der Waals surface area contributed by atoms with Gasteiger partial charge in [0.15, 0.2) is 5.16 Å². The van der Waals surface area contributed by atoms with Gasteiger partial charge in [-0.3, -0.25) is 18.6 Å². The monoisotopic (exact) mass is 482 g/mol. The van der Waals surface area contributed by atoms with Crippen LogP contribution in [0.1, 0.15) is 0 Å². The number of halogens is 2. The SMILES string of the molecule is O=C(CSc1nnc2c(=O)n(-c3cccc(F)c3)ccn12)N1CCN(c2ccc(F)cc2)CC1. The first kappa shape index (κ1) is 22.1. The van der Waals surface area contributed by atoms with Crippen molar-refractivity contribution in [1.82, 2.24) is 24.1 Å². The standard InChI is InChI=1S/C23H20F2N6O2S/c24-16-4-6-18(7-5-16)28-8-10-29(11-9-28)20(32)15-34-23-27-26-21-22(33)30(12-13-31(21)23)19-3-1-2-17(25)14-19/h1-7,12-14H,8-11,15H2. The summed E-state index contributed by atoms with van der Waals surface area (Å²) in [6.45, 7) is 2.45. The summed E-state index contributed by atoms with van der Waals surface area (Å²) in [4.78, 5) is 29.4. The van der Waals surface area contributed by atoms with E-state index >= 15 is 0 Å². The van der Waals surface area contributed by atoms with E-state index in [4.69, 9.17) is 0 Å². The Labute approximate surface area is 197 Å². The maximum absolute atomic E-state index is 13.6. The number of anilines is 1. The molecule has 2 aromatic carbocycles. The first-order valence-corrected chi connectivity index (χ1v) is 11.6. The van der Waals surface area contributed by atoms with Gasteiger partial charge in [0.25, 0.3) is 0 Å². The van der Waals surface area contributed by atoms with Crippen molar-refractivity contribution in [1.29, 1.82) is 0 Å². The lowest BCUT2D eigenvalue weighted by atomic mass is 10.2. The average Bonchev–Trinajstić information content (AvgIpc) is 3.27. The van der Waals surface area contributed by atoms with Gasteiger partial charge in [-0.2, -0.15) is 0 Å². The van der Waals surface area contributed by atoms with Gasteiger partial charge in [-0.15, -0.1) is 10.2 Å². The number of hydrogen-bond donors (Lipinski definition) is 0. The fourth-order valence-corrected chi connectivity index (χ4v) is 4.70. The Morgan fingerprint density at radius 1 is 0.912 bits per heavy atom. The summed E-state index contributed by atoms with van der Waals surface area (Å²) in [6, 6.07) is 12.1. The van der Waals surface area contributed by atoms with Crippen molar-refractivity contribution < 1.29 is 13.6 Å². The summed E-state index contributed by atoms with van der Waals surface area (Å²) in [6.07, 6.45) is 3.14. The second kappa shape index (κ2) is 9.26. The fraction of sp³-hybridized carbons (Fsp3) is 0.217. The second-order valence-corrected chi connectivity index (χ2v) is 8.70. The number of fused-ring (bicyclic) bond motifs is 1. The fourth-order valence-electron chi connectivity index (χ4n) is 3.88. The zero-order valence-corrected chi connectivity index (χ0v) is 18.8. The van der Waals surface area contributed by atoms with Crippen LogP contribution in [0.5, 0.6) is 0 Å². The molecule has 0 N–H and O–H groups in total. The third-order valence-corrected chi connectivity index (χ3v) is 6.60. The molecule has 0 unspecified atom stereocenters. The second-order valence-electron chi connectivity index (χ2n) is 7.76. The molecule has 8 nitrogen and oxygen atoms in total. The Kier molecular flexibility index (Phi) is 6.01. The molecule has 4 aromatic rings. The van der Waals surface area contributed by atoms with Crippen molar-refractivity contribution in [3.63, 3.8) is 0 Å². The zero-order valence-electron chi connectivity index (χ0n) is 18.0. The van der Waals surface area contributed by atoms with Crippen LogP contribution in [0.2, 0.25) is 0 Å². The molecule has 0 spiro atoms. The zero-order chi connectivity index (χ0) is 23.7. The van der Waals surface area contributed by atoms with Crippen LogP contribution in [0.4, 0.5) is 14.5 Å². The number of thioether (sulfide) groups is 1. The molecular formula is C23H20F2N6O2S. The van der Waals surface area contributed by atoms with E-state index in [-0.39, 0.29) is 23.1 Å². The van der Waals surface area contributed by atoms with Crippen LogP contribution in [0.25, 0.3) is 11.3 Å². The molecule has 0 radical (unpaired) electrons. The van der Waals surface area contributed by atoms with Crippen molar-refractivity contribution in [2.24, 2.45) is 0 Å². The average molecular weight is 483 g/mol. The van der Waals surface area contributed by atoms with E-state index in [0.717, 1.165) is 5.69 Å². The number of carbonyl (C=O) groups excluding carboxylic acids is 1. The molecule has 1 amide bonds. The van der Waals surface area contributed by atoms with E-state index in [9.17, 15) is 18.4 Å². The van der Waals surface area contributed by atoms with E-state index in [2.05, 4.69) is 15.1 Å². The summed E-state index contributed by atoms with van der Waals surface area (Å²) in [5, 5.41) is 8.46. The molecule has 0 saturated carbocycles. The van der Waals surface area contributed by atoms with E-state index in [1.165, 1.54) is 57.3 Å². The number of amides is 1. The van der Waals surface area contributed by atoms with Crippen LogP contribution in [-0.4, -0.2) is 61.9 Å². The van der Waals surface area contributed by atoms with Crippen molar-refractivity contribution in [2.75, 3.05) is 36.8 Å². The van der Waals surface area contributed by atoms with Crippen molar-refractivity contribution in [2.45, 2.75) is 5.16 Å². The highest BCUT2D eigenvalue weighted by atomic mass is 32.2. The summed E-state index contributed by atoms with van der Waals surface area (Å²) >= 11 is 1.20. The molecule has 1 aliphatic heterocycles. The van der Waals surface area contributed by atoms with Gasteiger partial charge in [0.1, 0.15) is 11.6 Å². The van der Waals surface area contributed by atoms with Crippen LogP contribution in [0.3, 0.4) is 0 Å². The molecule has 174 valence electrons. The van der Waals surface area contributed by atoms with Gasteiger partial charge in [-0.1, -0.05) is 17.8 Å². The lowest BCUT2D eigenvalue weighted by Gasteiger charge is -2.36. The highest BCUT2D eigenvalue weighted by Crippen LogP contribution is 2.20. The number of aromatic nitrogens is 4. The van der Waals surface area contributed by atoms with E-state index < -0.39 is 11.4 Å². The molecule has 11 heteroatoms. The molecular weight excluding hydrogens is 462 g/mol. The third kappa shape index (κ3) is 4.38. The lowest BCUT2D eigenvalue weighted by Crippen LogP contribution is -2.49. The predicted molar refractivity (Wildman–Crippen MR) is 124 cm³/mol. The number of hydrogen-bond acceptors (Lipinski definition) is 6. The van der Waals surface area contributed by atoms with Gasteiger partial charge >= 0.3 is 5.56 Å². The lowest BCUT2D eigenvalue weighted by molar-refractivity contribution is -0.128. The molecule has 3 heterocycles. The predicted octanol–water partition coefficient (Wildman–Crippen LogP) is 2.60. The smallest absolute Gasteiger partial charge is 0.300 e. The van der Waals surface area contributed by atoms with Gasteiger partial charge in [-0.25, -0.2) is 8.78 Å². The maximum atomic E-state index is 13.6. The van der Waals surface area contributed by atoms with Crippen LogP contribution >= 0.6 is 11.8 Å². The number of rotatable bonds is 5. The molecule has 1 aliphatic rings. The summed E-state index contributed by atoms with van der Waals surface area (Å²) in [5.74, 6) is -0.597. The quantitative estimate of drug-likeness (QED) is 0.407. The molecule has 34 heavy (non-hydrogen) atoms. The van der Waals surface area contributed by atoms with Gasteiger partial charge in [-0.05, 0) is 42.5 Å². The Morgan fingerprint density at radius 2 is 1.68 bits per heavy atom. The third-order valence-electron chi connectivity index (χ3n) is 5.67. The van der Waals surface area contributed by atoms with Gasteiger partial charge in [0, 0.05) is 44.3 Å². The minimum atomic E-state index is -0.445. The molecule has 0 aliphatic carbocycles. The van der Waals surface area contributed by atoms with Crippen molar-refractivity contribution in [3.8, 4) is 5.69 Å². The van der Waals surface area contributed by atoms with Crippen molar-refractivity contribution in [3.05, 3.63) is 82.9 Å². The molecule has 0 atom stereocenters. The number of benzene rings is 2. The highest BCUT2D eigenvalue weighted by molar-refractivity contribution is 7.99. The number of carbonyl (C=O) groups is 1. The molecule has 0 bridgehead atoms. The Bertz CT molecular complexity index is 1400. The summed E-state index contributed by atoms with van der Waals surface area (Å²) < 4.78 is 29.5. The molecule has 1 fully saturated rings. The highest BCUT2D eigenvalue weighted by Gasteiger charge is 2.22. The molecule has 5 rings (SSSR count). The topological polar surface area (TPSA) is 75.7 Å². The summed E-state index contributed by atoms with van der Waals surface area (Å²) in [7, 11) is 0. The van der Waals surface area contributed by atoms with E-state index in [1.54, 1.807) is 29.3 Å². The minimum absolute atomic E-state index is 0.0337. The Hall–Kier alpha value is -3.73. The first-order valence-electron chi connectivity index (χ1n) is 10.6. The Morgan fingerprint density at radius 3 is 2.41 bits per heavy atom.